The zero-order valence-electron chi connectivity index (χ0n) is 19.8. The van der Waals surface area contributed by atoms with Crippen LogP contribution in [0.3, 0.4) is 0 Å². The number of nitrogens with zero attached hydrogens (tertiary/aromatic N) is 1. The van der Waals surface area contributed by atoms with Crippen LogP contribution in [0.15, 0.2) is 71.8 Å². The summed E-state index contributed by atoms with van der Waals surface area (Å²) in [6.07, 6.45) is 1.52. The number of carbonyl (C=O) groups is 1. The molecule has 6 nitrogen and oxygen atoms in total. The Balaban J connectivity index is 1.50. The van der Waals surface area contributed by atoms with Crippen molar-refractivity contribution >= 4 is 23.7 Å². The van der Waals surface area contributed by atoms with Crippen LogP contribution in [-0.4, -0.2) is 25.8 Å². The van der Waals surface area contributed by atoms with Gasteiger partial charge in [-0.2, -0.15) is 5.10 Å². The third-order valence-electron chi connectivity index (χ3n) is 5.02. The second-order valence-corrected chi connectivity index (χ2v) is 9.05. The highest BCUT2D eigenvalue weighted by atomic mass is 35.5. The van der Waals surface area contributed by atoms with Crippen molar-refractivity contribution in [3.05, 3.63) is 88.4 Å². The molecule has 34 heavy (non-hydrogen) atoms. The lowest BCUT2D eigenvalue weighted by molar-refractivity contribution is -0.123. The van der Waals surface area contributed by atoms with Crippen molar-refractivity contribution in [2.45, 2.75) is 32.8 Å². The van der Waals surface area contributed by atoms with Crippen LogP contribution in [0.25, 0.3) is 0 Å². The normalized spacial score (nSPS) is 11.3. The van der Waals surface area contributed by atoms with Gasteiger partial charge >= 0.3 is 0 Å². The van der Waals surface area contributed by atoms with Crippen molar-refractivity contribution in [2.75, 3.05) is 13.7 Å². The summed E-state index contributed by atoms with van der Waals surface area (Å²) in [6, 6.07) is 20.6. The fourth-order valence-corrected chi connectivity index (χ4v) is 3.26. The number of nitrogens with one attached hydrogen (secondary N) is 1. The molecular weight excluding hydrogens is 452 g/mol. The van der Waals surface area contributed by atoms with Crippen LogP contribution in [0.4, 0.5) is 0 Å². The molecule has 3 aromatic rings. The topological polar surface area (TPSA) is 69.2 Å². The van der Waals surface area contributed by atoms with Gasteiger partial charge in [-0.05, 0) is 52.9 Å². The Kier molecular flexibility index (Phi) is 8.55. The number of methoxy groups -OCH3 is 1. The van der Waals surface area contributed by atoms with Crippen LogP contribution in [0.2, 0.25) is 5.02 Å². The van der Waals surface area contributed by atoms with Crippen LogP contribution in [-0.2, 0) is 16.8 Å². The molecule has 0 aliphatic rings. The summed E-state index contributed by atoms with van der Waals surface area (Å²) in [5, 5.41) is 4.64. The molecular formula is C27H29ClN2O4. The first-order chi connectivity index (χ1) is 16.3. The predicted octanol–water partition coefficient (Wildman–Crippen LogP) is 5.75. The fourth-order valence-electron chi connectivity index (χ4n) is 3.07. The molecule has 0 saturated heterocycles. The minimum Gasteiger partial charge on any atom is -0.493 e. The Labute approximate surface area is 205 Å². The zero-order valence-corrected chi connectivity index (χ0v) is 20.6. The van der Waals surface area contributed by atoms with Gasteiger partial charge in [-0.1, -0.05) is 62.7 Å². The maximum absolute atomic E-state index is 12.1. The molecule has 1 N–H and O–H groups in total. The highest BCUT2D eigenvalue weighted by molar-refractivity contribution is 6.31. The number of rotatable bonds is 9. The monoisotopic (exact) mass is 480 g/mol. The third kappa shape index (κ3) is 7.25. The number of hydrogen-bond acceptors (Lipinski definition) is 5. The fraction of sp³-hybridized carbons (Fsp3) is 0.259. The molecule has 178 valence electrons. The molecule has 0 unspecified atom stereocenters. The molecule has 0 saturated carbocycles. The molecule has 0 atom stereocenters. The molecule has 3 aromatic carbocycles. The van der Waals surface area contributed by atoms with Crippen LogP contribution in [0.1, 0.15) is 37.5 Å². The Morgan fingerprint density at radius 3 is 2.41 bits per heavy atom. The van der Waals surface area contributed by atoms with E-state index in [0.29, 0.717) is 28.9 Å². The largest absolute Gasteiger partial charge is 0.493 e. The third-order valence-corrected chi connectivity index (χ3v) is 5.39. The van der Waals surface area contributed by atoms with Crippen LogP contribution < -0.4 is 19.6 Å². The van der Waals surface area contributed by atoms with Gasteiger partial charge in [0.1, 0.15) is 12.4 Å². The van der Waals surface area contributed by atoms with Gasteiger partial charge in [0.2, 0.25) is 0 Å². The number of hydrazone groups is 1. The van der Waals surface area contributed by atoms with E-state index in [1.165, 1.54) is 11.8 Å². The van der Waals surface area contributed by atoms with Crippen molar-refractivity contribution < 1.29 is 19.0 Å². The van der Waals surface area contributed by atoms with Crippen LogP contribution >= 0.6 is 11.6 Å². The average molecular weight is 481 g/mol. The number of halogens is 1. The average Bonchev–Trinajstić information content (AvgIpc) is 2.82. The molecule has 7 heteroatoms. The first kappa shape index (κ1) is 25.1. The quantitative estimate of drug-likeness (QED) is 0.312. The van der Waals surface area contributed by atoms with E-state index in [0.717, 1.165) is 11.1 Å². The highest BCUT2D eigenvalue weighted by Crippen LogP contribution is 2.29. The molecule has 0 spiro atoms. The van der Waals surface area contributed by atoms with Gasteiger partial charge in [0.15, 0.2) is 18.1 Å². The second kappa shape index (κ2) is 11.6. The summed E-state index contributed by atoms with van der Waals surface area (Å²) < 4.78 is 16.8. The molecule has 0 aromatic heterocycles. The van der Waals surface area contributed by atoms with Crippen molar-refractivity contribution in [1.82, 2.24) is 5.43 Å². The van der Waals surface area contributed by atoms with Crippen LogP contribution in [0.5, 0.6) is 17.2 Å². The minimum atomic E-state index is -0.359. The highest BCUT2D eigenvalue weighted by Gasteiger charge is 2.13. The van der Waals surface area contributed by atoms with Crippen molar-refractivity contribution in [1.29, 1.82) is 0 Å². The molecule has 0 fully saturated rings. The maximum atomic E-state index is 12.1. The second-order valence-electron chi connectivity index (χ2n) is 8.65. The van der Waals surface area contributed by atoms with Crippen molar-refractivity contribution in [3.8, 4) is 17.2 Å². The van der Waals surface area contributed by atoms with Crippen LogP contribution in [0, 0.1) is 0 Å². The van der Waals surface area contributed by atoms with E-state index in [2.05, 4.69) is 31.3 Å². The first-order valence-corrected chi connectivity index (χ1v) is 11.2. The molecule has 0 aliphatic heterocycles. The lowest BCUT2D eigenvalue weighted by atomic mass is 9.87. The number of amides is 1. The predicted molar refractivity (Wildman–Crippen MR) is 135 cm³/mol. The molecule has 0 aliphatic carbocycles. The van der Waals surface area contributed by atoms with Crippen molar-refractivity contribution in [2.24, 2.45) is 5.10 Å². The van der Waals surface area contributed by atoms with Gasteiger partial charge in [0.05, 0.1) is 13.3 Å². The molecule has 0 bridgehead atoms. The van der Waals surface area contributed by atoms with Gasteiger partial charge in [0.25, 0.3) is 5.91 Å². The Morgan fingerprint density at radius 2 is 1.74 bits per heavy atom. The summed E-state index contributed by atoms with van der Waals surface area (Å²) in [6.45, 7) is 6.62. The number of benzene rings is 3. The Bertz CT molecular complexity index is 1140. The molecule has 3 rings (SSSR count). The van der Waals surface area contributed by atoms with Gasteiger partial charge in [-0.25, -0.2) is 5.43 Å². The summed E-state index contributed by atoms with van der Waals surface area (Å²) in [5.41, 5.74) is 5.34. The molecule has 0 radical (unpaired) electrons. The van der Waals surface area contributed by atoms with Gasteiger partial charge in [0, 0.05) is 10.6 Å². The Hall–Kier alpha value is -3.51. The minimum absolute atomic E-state index is 0.0627. The van der Waals surface area contributed by atoms with Crippen molar-refractivity contribution in [3.63, 3.8) is 0 Å². The summed E-state index contributed by atoms with van der Waals surface area (Å²) in [7, 11) is 1.56. The van der Waals surface area contributed by atoms with Gasteiger partial charge < -0.3 is 14.2 Å². The number of ether oxygens (including phenoxy) is 3. The SMILES string of the molecule is COc1cc(/C=N/NC(=O)COc2ccc(C(C)(C)C)cc2)ccc1OCc1ccccc1Cl. The zero-order chi connectivity index (χ0) is 24.6. The van der Waals surface area contributed by atoms with E-state index in [9.17, 15) is 4.79 Å². The summed E-state index contributed by atoms with van der Waals surface area (Å²) in [5.74, 6) is 1.39. The van der Waals surface area contributed by atoms with E-state index >= 15 is 0 Å². The number of carbonyl (C=O) groups excluding carboxylic acids is 1. The lowest BCUT2D eigenvalue weighted by Crippen LogP contribution is -2.24. The molecule has 1 amide bonds. The Morgan fingerprint density at radius 1 is 1.00 bits per heavy atom. The summed E-state index contributed by atoms with van der Waals surface area (Å²) in [4.78, 5) is 12.1. The van der Waals surface area contributed by atoms with Gasteiger partial charge in [-0.3, -0.25) is 4.79 Å². The van der Waals surface area contributed by atoms with E-state index in [1.807, 2.05) is 54.6 Å². The van der Waals surface area contributed by atoms with E-state index in [4.69, 9.17) is 25.8 Å². The van der Waals surface area contributed by atoms with E-state index in [1.54, 1.807) is 19.2 Å². The summed E-state index contributed by atoms with van der Waals surface area (Å²) >= 11 is 6.18. The van der Waals surface area contributed by atoms with Gasteiger partial charge in [-0.15, -0.1) is 0 Å². The maximum Gasteiger partial charge on any atom is 0.277 e. The first-order valence-electron chi connectivity index (χ1n) is 10.9. The molecule has 0 heterocycles. The standard InChI is InChI=1S/C27H29ClN2O4/c1-27(2,3)21-10-12-22(13-11-21)33-18-26(31)30-29-16-19-9-14-24(25(15-19)32-4)34-17-20-7-5-6-8-23(20)28/h5-16H,17-18H2,1-4H3,(H,30,31)/b29-16+. The van der Waals surface area contributed by atoms with E-state index in [-0.39, 0.29) is 17.9 Å². The number of hydrogen-bond donors (Lipinski definition) is 1. The van der Waals surface area contributed by atoms with E-state index < -0.39 is 0 Å². The smallest absolute Gasteiger partial charge is 0.277 e. The lowest BCUT2D eigenvalue weighted by Gasteiger charge is -2.19.